The summed E-state index contributed by atoms with van der Waals surface area (Å²) in [4.78, 5) is 43.0. The van der Waals surface area contributed by atoms with Gasteiger partial charge < -0.3 is 9.47 Å². The van der Waals surface area contributed by atoms with Crippen molar-refractivity contribution in [1.29, 1.82) is 0 Å². The number of aromatic nitrogens is 1. The predicted molar refractivity (Wildman–Crippen MR) is 148 cm³/mol. The summed E-state index contributed by atoms with van der Waals surface area (Å²) < 4.78 is 13.6. The molecule has 3 aromatic rings. The lowest BCUT2D eigenvalue weighted by atomic mass is 9.94. The van der Waals surface area contributed by atoms with E-state index in [-0.39, 0.29) is 24.5 Å². The van der Waals surface area contributed by atoms with Crippen molar-refractivity contribution in [1.82, 2.24) is 4.57 Å². The second kappa shape index (κ2) is 11.3. The Morgan fingerprint density at radius 3 is 2.74 bits per heavy atom. The summed E-state index contributed by atoms with van der Waals surface area (Å²) in [5, 5.41) is 11.7. The van der Waals surface area contributed by atoms with Crippen LogP contribution in [0.15, 0.2) is 74.6 Å². The number of carbonyl (C=O) groups is 1. The quantitative estimate of drug-likeness (QED) is 0.165. The smallest absolute Gasteiger partial charge is 0.338 e. The van der Waals surface area contributed by atoms with Gasteiger partial charge in [-0.1, -0.05) is 52.1 Å². The number of thiazole rings is 1. The minimum atomic E-state index is -0.953. The molecule has 196 valence electrons. The van der Waals surface area contributed by atoms with Gasteiger partial charge in [-0.15, -0.1) is 0 Å². The van der Waals surface area contributed by atoms with E-state index >= 15 is 0 Å². The van der Waals surface area contributed by atoms with Crippen LogP contribution in [0.25, 0.3) is 6.08 Å². The second-order valence-electron chi connectivity index (χ2n) is 8.39. The fourth-order valence-electron chi connectivity index (χ4n) is 4.15. The maximum atomic E-state index is 13.8. The molecule has 1 aliphatic rings. The zero-order valence-corrected chi connectivity index (χ0v) is 23.3. The molecular weight excluding hydrogens is 574 g/mol. The van der Waals surface area contributed by atoms with Gasteiger partial charge in [-0.05, 0) is 50.6 Å². The number of benzene rings is 2. The molecule has 0 bridgehead atoms. The number of ether oxygens (including phenoxy) is 2. The summed E-state index contributed by atoms with van der Waals surface area (Å²) in [5.41, 5.74) is 1.56. The van der Waals surface area contributed by atoms with Gasteiger partial charge in [-0.2, -0.15) is 0 Å². The predicted octanol–water partition coefficient (Wildman–Crippen LogP) is 4.34. The Labute approximate surface area is 230 Å². The molecule has 0 saturated heterocycles. The first-order valence-electron chi connectivity index (χ1n) is 11.6. The summed E-state index contributed by atoms with van der Waals surface area (Å²) in [6.45, 7) is 9.06. The highest BCUT2D eigenvalue weighted by Crippen LogP contribution is 2.33. The van der Waals surface area contributed by atoms with Crippen LogP contribution in [0.3, 0.4) is 0 Å². The first-order valence-corrected chi connectivity index (χ1v) is 13.2. The average molecular weight is 598 g/mol. The molecule has 0 radical (unpaired) electrons. The molecule has 0 saturated carbocycles. The topological polar surface area (TPSA) is 113 Å². The van der Waals surface area contributed by atoms with Gasteiger partial charge >= 0.3 is 5.97 Å². The van der Waals surface area contributed by atoms with Crippen LogP contribution in [-0.2, 0) is 9.53 Å². The highest BCUT2D eigenvalue weighted by Gasteiger charge is 2.34. The number of nitrogens with zero attached hydrogens (tertiary/aromatic N) is 3. The van der Waals surface area contributed by atoms with Gasteiger partial charge in [0.1, 0.15) is 12.4 Å². The summed E-state index contributed by atoms with van der Waals surface area (Å²) >= 11 is 4.61. The molecule has 11 heteroatoms. The molecule has 0 fully saturated rings. The highest BCUT2D eigenvalue weighted by molar-refractivity contribution is 9.10. The third-order valence-corrected chi connectivity index (χ3v) is 7.35. The molecule has 2 heterocycles. The Balaban J connectivity index is 1.98. The first-order chi connectivity index (χ1) is 18.2. The van der Waals surface area contributed by atoms with E-state index in [9.17, 15) is 19.7 Å². The van der Waals surface area contributed by atoms with Crippen LogP contribution in [-0.4, -0.2) is 28.7 Å². The van der Waals surface area contributed by atoms with Crippen LogP contribution in [0, 0.1) is 17.0 Å². The molecule has 0 aliphatic carbocycles. The zero-order chi connectivity index (χ0) is 27.6. The van der Waals surface area contributed by atoms with Gasteiger partial charge in [-0.25, -0.2) is 9.79 Å². The third-order valence-electron chi connectivity index (χ3n) is 5.88. The number of aryl methyl sites for hydroxylation is 1. The van der Waals surface area contributed by atoms with E-state index < -0.39 is 22.5 Å². The van der Waals surface area contributed by atoms with E-state index in [2.05, 4.69) is 27.5 Å². The van der Waals surface area contributed by atoms with Gasteiger partial charge in [0.25, 0.3) is 11.2 Å². The Morgan fingerprint density at radius 1 is 1.29 bits per heavy atom. The number of allylic oxidation sites excluding steroid dienone is 1. The van der Waals surface area contributed by atoms with Gasteiger partial charge in [0.15, 0.2) is 4.80 Å². The highest BCUT2D eigenvalue weighted by atomic mass is 79.9. The molecule has 2 aromatic carbocycles. The van der Waals surface area contributed by atoms with Crippen molar-refractivity contribution in [2.45, 2.75) is 26.8 Å². The van der Waals surface area contributed by atoms with Crippen molar-refractivity contribution in [2.75, 3.05) is 13.2 Å². The van der Waals surface area contributed by atoms with Crippen molar-refractivity contribution < 1.29 is 19.2 Å². The first kappa shape index (κ1) is 27.2. The Morgan fingerprint density at radius 2 is 2.05 bits per heavy atom. The average Bonchev–Trinajstić information content (AvgIpc) is 3.17. The summed E-state index contributed by atoms with van der Waals surface area (Å²) in [6, 6.07) is 9.16. The number of fused-ring (bicyclic) bond motifs is 1. The molecule has 1 aromatic heterocycles. The van der Waals surface area contributed by atoms with E-state index in [1.807, 2.05) is 12.1 Å². The molecule has 9 nitrogen and oxygen atoms in total. The summed E-state index contributed by atoms with van der Waals surface area (Å²) in [5.74, 6) is -0.0728. The van der Waals surface area contributed by atoms with Crippen LogP contribution in [0.2, 0.25) is 0 Å². The van der Waals surface area contributed by atoms with Gasteiger partial charge in [0, 0.05) is 21.7 Å². The minimum absolute atomic E-state index is 0.111. The monoisotopic (exact) mass is 597 g/mol. The van der Waals surface area contributed by atoms with Crippen LogP contribution >= 0.6 is 27.3 Å². The van der Waals surface area contributed by atoms with Crippen LogP contribution in [0.1, 0.15) is 36.6 Å². The van der Waals surface area contributed by atoms with Gasteiger partial charge in [0.2, 0.25) is 0 Å². The fourth-order valence-corrected chi connectivity index (χ4v) is 5.57. The van der Waals surface area contributed by atoms with Crippen LogP contribution < -0.4 is 19.6 Å². The molecule has 0 N–H and O–H groups in total. The van der Waals surface area contributed by atoms with Crippen molar-refractivity contribution in [3.63, 3.8) is 0 Å². The number of rotatable bonds is 8. The Bertz CT molecular complexity index is 1670. The number of nitro groups is 1. The van der Waals surface area contributed by atoms with Crippen molar-refractivity contribution in [2.24, 2.45) is 4.99 Å². The van der Waals surface area contributed by atoms with E-state index in [1.165, 1.54) is 10.6 Å². The van der Waals surface area contributed by atoms with E-state index in [0.717, 1.165) is 15.8 Å². The van der Waals surface area contributed by atoms with Gasteiger partial charge in [0.05, 0.1) is 33.4 Å². The fraction of sp³-hybridized carbons (Fsp3) is 0.222. The summed E-state index contributed by atoms with van der Waals surface area (Å²) in [7, 11) is 0. The van der Waals surface area contributed by atoms with Crippen molar-refractivity contribution >= 4 is 45.0 Å². The molecule has 0 amide bonds. The Hall–Kier alpha value is -3.83. The van der Waals surface area contributed by atoms with Crippen molar-refractivity contribution in [3.05, 3.63) is 111 Å². The number of hydrogen-bond acceptors (Lipinski definition) is 8. The number of halogens is 1. The minimum Gasteiger partial charge on any atom is -0.489 e. The molecular formula is C27H24BrN3O6S. The lowest BCUT2D eigenvalue weighted by Gasteiger charge is -2.24. The molecule has 0 unspecified atom stereocenters. The molecule has 1 atom stereocenters. The number of esters is 1. The molecule has 38 heavy (non-hydrogen) atoms. The summed E-state index contributed by atoms with van der Waals surface area (Å²) in [6.07, 6.45) is 3.32. The molecule has 0 spiro atoms. The maximum Gasteiger partial charge on any atom is 0.338 e. The largest absolute Gasteiger partial charge is 0.489 e. The normalized spacial score (nSPS) is 15.1. The zero-order valence-electron chi connectivity index (χ0n) is 20.9. The number of carbonyl (C=O) groups excluding carboxylic acids is 1. The lowest BCUT2D eigenvalue weighted by molar-refractivity contribution is -0.385. The van der Waals surface area contributed by atoms with Crippen LogP contribution in [0.4, 0.5) is 5.69 Å². The number of nitro benzene ring substituents is 1. The van der Waals surface area contributed by atoms with E-state index in [0.29, 0.717) is 37.5 Å². The van der Waals surface area contributed by atoms with Gasteiger partial charge in [-0.3, -0.25) is 19.5 Å². The van der Waals surface area contributed by atoms with E-state index in [4.69, 9.17) is 9.47 Å². The maximum absolute atomic E-state index is 13.8. The third kappa shape index (κ3) is 5.25. The van der Waals surface area contributed by atoms with Crippen molar-refractivity contribution in [3.8, 4) is 5.75 Å². The Kier molecular flexibility index (Phi) is 8.08. The molecule has 1 aliphatic heterocycles. The van der Waals surface area contributed by atoms with E-state index in [1.54, 1.807) is 51.1 Å². The van der Waals surface area contributed by atoms with Crippen LogP contribution in [0.5, 0.6) is 5.75 Å². The standard InChI is InChI=1S/C27H24BrN3O6S/c1-5-11-37-21-10-9-19(28)12-18(21)14-22-25(32)30-24(17-8-7-15(3)20(13-17)31(34)35)23(26(33)36-6-2)16(4)29-27(30)38-22/h5,7-10,12-14,24H,1,6,11H2,2-4H3/b22-14+/t24-/m1/s1. The molecule has 4 rings (SSSR count). The number of hydrogen-bond donors (Lipinski definition) is 0. The second-order valence-corrected chi connectivity index (χ2v) is 10.3. The SMILES string of the molecule is C=CCOc1ccc(Br)cc1/C=c1/sc2n(c1=O)[C@H](c1ccc(C)c([N+](=O)[O-])c1)C(C(=O)OCC)=C(C)N=2. The lowest BCUT2D eigenvalue weighted by Crippen LogP contribution is -2.40.